The highest BCUT2D eigenvalue weighted by Gasteiger charge is 2.23. The number of nitrogens with zero attached hydrogens (tertiary/aromatic N) is 3. The van der Waals surface area contributed by atoms with Crippen molar-refractivity contribution in [1.82, 2.24) is 14.1 Å². The van der Waals surface area contributed by atoms with Gasteiger partial charge in [0, 0.05) is 33.2 Å². The highest BCUT2D eigenvalue weighted by molar-refractivity contribution is 6.11. The van der Waals surface area contributed by atoms with Crippen LogP contribution < -0.4 is 0 Å². The Balaban J connectivity index is 1.40. The molecule has 0 aliphatic rings. The van der Waals surface area contributed by atoms with E-state index in [1.165, 1.54) is 32.9 Å². The lowest BCUT2D eigenvalue weighted by Crippen LogP contribution is -2.03. The van der Waals surface area contributed by atoms with Crippen molar-refractivity contribution in [1.29, 1.82) is 0 Å². The highest BCUT2D eigenvalue weighted by atomic mass is 15.1. The normalized spacial score (nSPS) is 11.5. The van der Waals surface area contributed by atoms with E-state index in [1.807, 2.05) is 0 Å². The Bertz CT molecular complexity index is 2470. The van der Waals surface area contributed by atoms with Crippen LogP contribution in [0.5, 0.6) is 0 Å². The Morgan fingerprint density at radius 1 is 0.348 bits per heavy atom. The molecule has 7 aromatic carbocycles. The third kappa shape index (κ3) is 4.10. The average molecular weight is 588 g/mol. The number of hydrogen-bond donors (Lipinski definition) is 0. The molecule has 2 aromatic heterocycles. The van der Waals surface area contributed by atoms with Gasteiger partial charge >= 0.3 is 0 Å². The average Bonchev–Trinajstić information content (AvgIpc) is 3.68. The maximum Gasteiger partial charge on any atom is 0.146 e. The Morgan fingerprint density at radius 2 is 0.870 bits per heavy atom. The quantitative estimate of drug-likeness (QED) is 0.196. The first-order valence-corrected chi connectivity index (χ1v) is 15.7. The lowest BCUT2D eigenvalue weighted by Gasteiger charge is -2.21. The summed E-state index contributed by atoms with van der Waals surface area (Å²) in [6.07, 6.45) is 0. The van der Waals surface area contributed by atoms with Crippen molar-refractivity contribution >= 4 is 32.8 Å². The standard InChI is InChI=1S/C43H29N3/c1-3-16-30(17-4-1)32-24-15-25-36(42(32)46-39-27-12-9-21-34(39)35-22-10-13-28-40(35)46)33-20-7-8-23-37(33)43-44-38-26-11-14-29-41(38)45(43)31-18-5-2-6-19-31/h1-29H. The largest absolute Gasteiger partial charge is 0.308 e. The Hall–Kier alpha value is -6.19. The van der Waals surface area contributed by atoms with Crippen LogP contribution in [0.3, 0.4) is 0 Å². The number of fused-ring (bicyclic) bond motifs is 4. The lowest BCUT2D eigenvalue weighted by atomic mass is 9.92. The minimum atomic E-state index is 0.918. The van der Waals surface area contributed by atoms with Gasteiger partial charge in [-0.25, -0.2) is 4.98 Å². The molecule has 9 aromatic rings. The molecule has 46 heavy (non-hydrogen) atoms. The molecule has 0 unspecified atom stereocenters. The second-order valence-corrected chi connectivity index (χ2v) is 11.6. The molecule has 0 radical (unpaired) electrons. The van der Waals surface area contributed by atoms with Crippen molar-refractivity contribution in [3.05, 3.63) is 176 Å². The summed E-state index contributed by atoms with van der Waals surface area (Å²) in [6.45, 7) is 0. The first-order chi connectivity index (χ1) is 22.9. The molecular formula is C43H29N3. The van der Waals surface area contributed by atoms with Gasteiger partial charge in [-0.1, -0.05) is 140 Å². The molecule has 0 amide bonds. The van der Waals surface area contributed by atoms with E-state index in [-0.39, 0.29) is 0 Å². The molecular weight excluding hydrogens is 558 g/mol. The molecule has 0 aliphatic carbocycles. The molecule has 0 saturated carbocycles. The van der Waals surface area contributed by atoms with E-state index in [2.05, 4.69) is 185 Å². The molecule has 216 valence electrons. The Morgan fingerprint density at radius 3 is 1.59 bits per heavy atom. The van der Waals surface area contributed by atoms with Crippen LogP contribution in [0.25, 0.3) is 77.9 Å². The third-order valence-corrected chi connectivity index (χ3v) is 8.96. The number of benzene rings is 7. The fourth-order valence-electron chi connectivity index (χ4n) is 6.97. The molecule has 0 atom stereocenters. The summed E-state index contributed by atoms with van der Waals surface area (Å²) in [6, 6.07) is 62.5. The summed E-state index contributed by atoms with van der Waals surface area (Å²) in [5.74, 6) is 0.918. The van der Waals surface area contributed by atoms with Crippen molar-refractivity contribution in [3.8, 4) is 45.0 Å². The molecule has 0 saturated heterocycles. The third-order valence-electron chi connectivity index (χ3n) is 8.96. The maximum atomic E-state index is 5.27. The van der Waals surface area contributed by atoms with Crippen LogP contribution in [0.1, 0.15) is 0 Å². The number of aromatic nitrogens is 3. The van der Waals surface area contributed by atoms with Gasteiger partial charge in [-0.3, -0.25) is 4.57 Å². The van der Waals surface area contributed by atoms with Gasteiger partial charge < -0.3 is 4.57 Å². The zero-order valence-electron chi connectivity index (χ0n) is 25.1. The van der Waals surface area contributed by atoms with Crippen LogP contribution >= 0.6 is 0 Å². The van der Waals surface area contributed by atoms with Gasteiger partial charge in [0.05, 0.1) is 27.8 Å². The van der Waals surface area contributed by atoms with E-state index < -0.39 is 0 Å². The molecule has 0 N–H and O–H groups in total. The van der Waals surface area contributed by atoms with Crippen molar-refractivity contribution in [2.75, 3.05) is 0 Å². The monoisotopic (exact) mass is 587 g/mol. The van der Waals surface area contributed by atoms with Gasteiger partial charge in [-0.05, 0) is 47.5 Å². The number of imidazole rings is 1. The summed E-state index contributed by atoms with van der Waals surface area (Å²) in [7, 11) is 0. The van der Waals surface area contributed by atoms with Crippen LogP contribution in [0, 0.1) is 0 Å². The van der Waals surface area contributed by atoms with Crippen molar-refractivity contribution < 1.29 is 0 Å². The molecule has 0 bridgehead atoms. The van der Waals surface area contributed by atoms with Crippen LogP contribution in [-0.2, 0) is 0 Å². The van der Waals surface area contributed by atoms with E-state index in [0.29, 0.717) is 0 Å². The Labute approximate surface area is 267 Å². The molecule has 3 heteroatoms. The van der Waals surface area contributed by atoms with Gasteiger partial charge in [0.1, 0.15) is 5.82 Å². The van der Waals surface area contributed by atoms with Crippen LogP contribution in [0.15, 0.2) is 176 Å². The van der Waals surface area contributed by atoms with E-state index >= 15 is 0 Å². The summed E-state index contributed by atoms with van der Waals surface area (Å²) in [5, 5.41) is 2.48. The predicted molar refractivity (Wildman–Crippen MR) is 192 cm³/mol. The molecule has 0 fully saturated rings. The van der Waals surface area contributed by atoms with Crippen LogP contribution in [-0.4, -0.2) is 14.1 Å². The second kappa shape index (κ2) is 10.8. The minimum Gasteiger partial charge on any atom is -0.308 e. The first kappa shape index (κ1) is 26.2. The smallest absolute Gasteiger partial charge is 0.146 e. The first-order valence-electron chi connectivity index (χ1n) is 15.7. The van der Waals surface area contributed by atoms with E-state index in [1.54, 1.807) is 0 Å². The lowest BCUT2D eigenvalue weighted by molar-refractivity contribution is 1.10. The summed E-state index contributed by atoms with van der Waals surface area (Å²) in [4.78, 5) is 5.27. The fourth-order valence-corrected chi connectivity index (χ4v) is 6.97. The fraction of sp³-hybridized carbons (Fsp3) is 0. The molecule has 0 spiro atoms. The Kier molecular flexibility index (Phi) is 6.14. The van der Waals surface area contributed by atoms with Gasteiger partial charge in [0.15, 0.2) is 0 Å². The van der Waals surface area contributed by atoms with E-state index in [9.17, 15) is 0 Å². The number of rotatable bonds is 5. The SMILES string of the molecule is c1ccc(-c2cccc(-c3ccccc3-c3nc4ccccc4n3-c3ccccc3)c2-n2c3ccccc3c3ccccc32)cc1. The van der Waals surface area contributed by atoms with Crippen LogP contribution in [0.4, 0.5) is 0 Å². The van der Waals surface area contributed by atoms with Gasteiger partial charge in [0.2, 0.25) is 0 Å². The predicted octanol–water partition coefficient (Wildman–Crippen LogP) is 11.1. The zero-order valence-corrected chi connectivity index (χ0v) is 25.1. The van der Waals surface area contributed by atoms with Gasteiger partial charge in [-0.2, -0.15) is 0 Å². The topological polar surface area (TPSA) is 22.8 Å². The van der Waals surface area contributed by atoms with Crippen LogP contribution in [0.2, 0.25) is 0 Å². The molecule has 0 aliphatic heterocycles. The van der Waals surface area contributed by atoms with E-state index in [0.717, 1.165) is 44.9 Å². The second-order valence-electron chi connectivity index (χ2n) is 11.6. The summed E-state index contributed by atoms with van der Waals surface area (Å²) in [5.41, 5.74) is 12.4. The summed E-state index contributed by atoms with van der Waals surface area (Å²) >= 11 is 0. The van der Waals surface area contributed by atoms with Crippen molar-refractivity contribution in [2.45, 2.75) is 0 Å². The molecule has 3 nitrogen and oxygen atoms in total. The van der Waals surface area contributed by atoms with Gasteiger partial charge in [-0.15, -0.1) is 0 Å². The minimum absolute atomic E-state index is 0.918. The number of para-hydroxylation sites is 6. The summed E-state index contributed by atoms with van der Waals surface area (Å²) < 4.78 is 4.74. The van der Waals surface area contributed by atoms with E-state index in [4.69, 9.17) is 4.98 Å². The van der Waals surface area contributed by atoms with Crippen molar-refractivity contribution in [3.63, 3.8) is 0 Å². The van der Waals surface area contributed by atoms with Gasteiger partial charge in [0.25, 0.3) is 0 Å². The zero-order chi connectivity index (χ0) is 30.5. The van der Waals surface area contributed by atoms with Crippen molar-refractivity contribution in [2.24, 2.45) is 0 Å². The highest BCUT2D eigenvalue weighted by Crippen LogP contribution is 2.44. The number of hydrogen-bond acceptors (Lipinski definition) is 1. The maximum absolute atomic E-state index is 5.27. The molecule has 2 heterocycles. The molecule has 9 rings (SSSR count).